The molecule has 0 aromatic carbocycles. The SMILES string of the molecule is Cc1cccc(-c2c[nH]c(=O)n(C)c2=O)n1. The minimum Gasteiger partial charge on any atom is -0.313 e. The van der Waals surface area contributed by atoms with E-state index in [1.807, 2.05) is 19.1 Å². The van der Waals surface area contributed by atoms with Gasteiger partial charge < -0.3 is 4.98 Å². The molecule has 0 saturated heterocycles. The molecule has 5 heteroatoms. The summed E-state index contributed by atoms with van der Waals surface area (Å²) < 4.78 is 1.03. The number of hydrogen-bond donors (Lipinski definition) is 1. The molecule has 2 aromatic rings. The van der Waals surface area contributed by atoms with E-state index in [1.165, 1.54) is 13.2 Å². The van der Waals surface area contributed by atoms with Crippen molar-refractivity contribution < 1.29 is 0 Å². The first-order valence-corrected chi connectivity index (χ1v) is 4.82. The summed E-state index contributed by atoms with van der Waals surface area (Å²) in [5, 5.41) is 0. The van der Waals surface area contributed by atoms with Gasteiger partial charge in [0.05, 0.1) is 11.3 Å². The highest BCUT2D eigenvalue weighted by Gasteiger charge is 2.07. The fraction of sp³-hybridized carbons (Fsp3) is 0.182. The maximum Gasteiger partial charge on any atom is 0.328 e. The van der Waals surface area contributed by atoms with Crippen molar-refractivity contribution >= 4 is 0 Å². The van der Waals surface area contributed by atoms with Crippen molar-refractivity contribution in [1.29, 1.82) is 0 Å². The minimum atomic E-state index is -0.429. The molecule has 16 heavy (non-hydrogen) atoms. The molecule has 0 spiro atoms. The Hall–Kier alpha value is -2.17. The van der Waals surface area contributed by atoms with Gasteiger partial charge in [-0.05, 0) is 19.1 Å². The number of pyridine rings is 1. The number of aryl methyl sites for hydroxylation is 1. The molecule has 0 atom stereocenters. The lowest BCUT2D eigenvalue weighted by atomic mass is 10.2. The van der Waals surface area contributed by atoms with Crippen molar-refractivity contribution in [3.8, 4) is 11.3 Å². The Morgan fingerprint density at radius 3 is 2.75 bits per heavy atom. The van der Waals surface area contributed by atoms with E-state index in [-0.39, 0.29) is 5.56 Å². The van der Waals surface area contributed by atoms with Crippen molar-refractivity contribution in [2.24, 2.45) is 7.05 Å². The van der Waals surface area contributed by atoms with E-state index in [1.54, 1.807) is 6.07 Å². The van der Waals surface area contributed by atoms with E-state index in [4.69, 9.17) is 0 Å². The van der Waals surface area contributed by atoms with Gasteiger partial charge in [-0.25, -0.2) is 4.79 Å². The topological polar surface area (TPSA) is 67.8 Å². The molecule has 0 aliphatic carbocycles. The Labute approximate surface area is 91.4 Å². The van der Waals surface area contributed by atoms with Crippen LogP contribution in [-0.4, -0.2) is 14.5 Å². The molecular weight excluding hydrogens is 206 g/mol. The van der Waals surface area contributed by atoms with E-state index in [0.29, 0.717) is 11.3 Å². The molecular formula is C11H11N3O2. The first-order chi connectivity index (χ1) is 7.59. The number of hydrogen-bond acceptors (Lipinski definition) is 3. The highest BCUT2D eigenvalue weighted by atomic mass is 16.2. The minimum absolute atomic E-state index is 0.346. The summed E-state index contributed by atoms with van der Waals surface area (Å²) in [4.78, 5) is 29.7. The summed E-state index contributed by atoms with van der Waals surface area (Å²) in [5.41, 5.74) is 1.01. The number of rotatable bonds is 1. The van der Waals surface area contributed by atoms with Crippen molar-refractivity contribution in [3.63, 3.8) is 0 Å². The number of H-pyrrole nitrogens is 1. The smallest absolute Gasteiger partial charge is 0.313 e. The lowest BCUT2D eigenvalue weighted by Crippen LogP contribution is -2.33. The molecule has 2 rings (SSSR count). The van der Waals surface area contributed by atoms with Crippen LogP contribution < -0.4 is 11.2 Å². The maximum absolute atomic E-state index is 11.8. The second-order valence-electron chi connectivity index (χ2n) is 3.54. The molecule has 1 N–H and O–H groups in total. The van der Waals surface area contributed by atoms with Crippen LogP contribution >= 0.6 is 0 Å². The quantitative estimate of drug-likeness (QED) is 0.753. The Bertz CT molecular complexity index is 640. The summed E-state index contributed by atoms with van der Waals surface area (Å²) in [7, 11) is 1.43. The largest absolute Gasteiger partial charge is 0.328 e. The molecule has 0 aliphatic rings. The third-order valence-corrected chi connectivity index (χ3v) is 2.34. The molecule has 0 bridgehead atoms. The van der Waals surface area contributed by atoms with Gasteiger partial charge in [0, 0.05) is 18.9 Å². The summed E-state index contributed by atoms with van der Waals surface area (Å²) in [6.45, 7) is 1.85. The number of nitrogens with zero attached hydrogens (tertiary/aromatic N) is 2. The summed E-state index contributed by atoms with van der Waals surface area (Å²) in [6, 6.07) is 5.41. The zero-order valence-corrected chi connectivity index (χ0v) is 9.02. The van der Waals surface area contributed by atoms with Crippen LogP contribution in [0, 0.1) is 6.92 Å². The van der Waals surface area contributed by atoms with Gasteiger partial charge in [0.1, 0.15) is 0 Å². The van der Waals surface area contributed by atoms with Crippen LogP contribution in [0.25, 0.3) is 11.3 Å². The molecule has 2 heterocycles. The van der Waals surface area contributed by atoms with Crippen LogP contribution in [0.4, 0.5) is 0 Å². The van der Waals surface area contributed by atoms with Crippen molar-refractivity contribution in [3.05, 3.63) is 50.9 Å². The van der Waals surface area contributed by atoms with Gasteiger partial charge in [-0.3, -0.25) is 14.3 Å². The molecule has 0 amide bonds. The van der Waals surface area contributed by atoms with Gasteiger partial charge in [-0.15, -0.1) is 0 Å². The Morgan fingerprint density at radius 1 is 1.31 bits per heavy atom. The zero-order chi connectivity index (χ0) is 11.7. The van der Waals surface area contributed by atoms with E-state index < -0.39 is 5.69 Å². The molecule has 82 valence electrons. The van der Waals surface area contributed by atoms with E-state index in [2.05, 4.69) is 9.97 Å². The average Bonchev–Trinajstić information content (AvgIpc) is 2.26. The van der Waals surface area contributed by atoms with Crippen LogP contribution in [0.2, 0.25) is 0 Å². The molecule has 0 aliphatic heterocycles. The first kappa shape index (κ1) is 10.4. The molecule has 0 saturated carbocycles. The summed E-state index contributed by atoms with van der Waals surface area (Å²) >= 11 is 0. The first-order valence-electron chi connectivity index (χ1n) is 4.82. The Morgan fingerprint density at radius 2 is 2.06 bits per heavy atom. The average molecular weight is 217 g/mol. The number of aromatic amines is 1. The summed E-state index contributed by atoms with van der Waals surface area (Å²) in [5.74, 6) is 0. The lowest BCUT2D eigenvalue weighted by Gasteiger charge is -2.02. The van der Waals surface area contributed by atoms with E-state index in [9.17, 15) is 9.59 Å². The van der Waals surface area contributed by atoms with Crippen molar-refractivity contribution in [2.45, 2.75) is 6.92 Å². The predicted octanol–water partition coefficient (Wildman–Crippen LogP) is 0.444. The van der Waals surface area contributed by atoms with Crippen LogP contribution in [0.5, 0.6) is 0 Å². The van der Waals surface area contributed by atoms with Crippen molar-refractivity contribution in [1.82, 2.24) is 14.5 Å². The van der Waals surface area contributed by atoms with E-state index >= 15 is 0 Å². The third kappa shape index (κ3) is 1.67. The number of aromatic nitrogens is 3. The Balaban J connectivity index is 2.71. The molecule has 0 unspecified atom stereocenters. The van der Waals surface area contributed by atoms with Gasteiger partial charge in [0.25, 0.3) is 5.56 Å². The van der Waals surface area contributed by atoms with Gasteiger partial charge in [-0.1, -0.05) is 6.07 Å². The van der Waals surface area contributed by atoms with Gasteiger partial charge in [0.15, 0.2) is 0 Å². The Kier molecular flexibility index (Phi) is 2.44. The standard InChI is InChI=1S/C11H11N3O2/c1-7-4-3-5-9(13-7)8-6-12-11(16)14(2)10(8)15/h3-6H,1-2H3,(H,12,16). The molecule has 0 fully saturated rings. The fourth-order valence-electron chi connectivity index (χ4n) is 1.44. The zero-order valence-electron chi connectivity index (χ0n) is 9.02. The van der Waals surface area contributed by atoms with Crippen LogP contribution in [0.3, 0.4) is 0 Å². The lowest BCUT2D eigenvalue weighted by molar-refractivity contribution is 0.777. The van der Waals surface area contributed by atoms with Gasteiger partial charge in [0.2, 0.25) is 0 Å². The van der Waals surface area contributed by atoms with Gasteiger partial charge in [-0.2, -0.15) is 0 Å². The van der Waals surface area contributed by atoms with Crippen LogP contribution in [-0.2, 0) is 7.05 Å². The highest BCUT2D eigenvalue weighted by Crippen LogP contribution is 2.10. The third-order valence-electron chi connectivity index (χ3n) is 2.34. The number of nitrogens with one attached hydrogen (secondary N) is 1. The van der Waals surface area contributed by atoms with E-state index in [0.717, 1.165) is 10.3 Å². The molecule has 0 radical (unpaired) electrons. The normalized spacial score (nSPS) is 10.4. The predicted molar refractivity (Wildman–Crippen MR) is 60.3 cm³/mol. The second-order valence-corrected chi connectivity index (χ2v) is 3.54. The summed E-state index contributed by atoms with van der Waals surface area (Å²) in [6.07, 6.45) is 1.40. The monoisotopic (exact) mass is 217 g/mol. The van der Waals surface area contributed by atoms with Crippen molar-refractivity contribution in [2.75, 3.05) is 0 Å². The van der Waals surface area contributed by atoms with Crippen LogP contribution in [0.15, 0.2) is 34.0 Å². The van der Waals surface area contributed by atoms with Crippen LogP contribution in [0.1, 0.15) is 5.69 Å². The fourth-order valence-corrected chi connectivity index (χ4v) is 1.44. The maximum atomic E-state index is 11.8. The second kappa shape index (κ2) is 3.77. The molecule has 2 aromatic heterocycles. The molecule has 5 nitrogen and oxygen atoms in total. The van der Waals surface area contributed by atoms with Gasteiger partial charge >= 0.3 is 5.69 Å². The highest BCUT2D eigenvalue weighted by molar-refractivity contribution is 5.56.